The molecule has 0 saturated carbocycles. The van der Waals surface area contributed by atoms with E-state index in [1.165, 1.54) is 77.0 Å². The minimum absolute atomic E-state index is 0.269. The molecule has 0 aliphatic heterocycles. The number of carbonyl (C=O) groups is 2. The maximum Gasteiger partial charge on any atom is 0.408 e. The van der Waals surface area contributed by atoms with E-state index in [2.05, 4.69) is 34.4 Å². The third-order valence-corrected chi connectivity index (χ3v) is 5.85. The van der Waals surface area contributed by atoms with Gasteiger partial charge >= 0.3 is 12.1 Å². The van der Waals surface area contributed by atoms with Crippen molar-refractivity contribution >= 4 is 12.1 Å². The fraction of sp³-hybridized carbons (Fsp3) is 0.759. The van der Waals surface area contributed by atoms with Crippen LogP contribution in [0.25, 0.3) is 0 Å². The molecule has 1 heterocycles. The smallest absolute Gasteiger partial charge is 0.408 e. The van der Waals surface area contributed by atoms with Gasteiger partial charge in [-0.3, -0.25) is 0 Å². The molecule has 36 heavy (non-hydrogen) atoms. The summed E-state index contributed by atoms with van der Waals surface area (Å²) in [6.45, 7) is 7.96. The number of unbranched alkanes of at least 4 members (excludes halogenated alkanes) is 12. The number of ether oxygens (including phenoxy) is 2. The van der Waals surface area contributed by atoms with Crippen LogP contribution in [0.1, 0.15) is 123 Å². The van der Waals surface area contributed by atoms with Gasteiger partial charge in [0.15, 0.2) is 0 Å². The lowest BCUT2D eigenvalue weighted by atomic mass is 10.1. The minimum atomic E-state index is -0.825. The molecule has 0 radical (unpaired) electrons. The molecule has 1 atom stereocenters. The van der Waals surface area contributed by atoms with Crippen molar-refractivity contribution in [3.8, 4) is 0 Å². The Hall–Kier alpha value is -2.31. The van der Waals surface area contributed by atoms with Crippen molar-refractivity contribution in [1.82, 2.24) is 15.3 Å². The molecule has 2 N–H and O–H groups in total. The van der Waals surface area contributed by atoms with Crippen LogP contribution >= 0.6 is 0 Å². The molecule has 0 bridgehead atoms. The Labute approximate surface area is 219 Å². The predicted molar refractivity (Wildman–Crippen MR) is 146 cm³/mol. The third kappa shape index (κ3) is 18.0. The van der Waals surface area contributed by atoms with Crippen LogP contribution in [-0.4, -0.2) is 40.3 Å². The number of H-pyrrole nitrogens is 1. The number of aromatic amines is 1. The summed E-state index contributed by atoms with van der Waals surface area (Å²) in [7, 11) is 0. The van der Waals surface area contributed by atoms with Gasteiger partial charge in [0.25, 0.3) is 0 Å². The second kappa shape index (κ2) is 19.8. The standard InChI is InChI=1S/C29H51N3O4/c1-5-6-7-8-9-10-11-12-13-14-15-16-17-18-19-20-21-35-27(33)26(22-25-23-30-24-31-25)32-28(34)36-29(2,3)4/h12-13,23-24,26H,5-11,14-22H2,1-4H3,(H,30,31)(H,32,34)/b13-12-/t26-/m0/s1. The molecule has 0 aromatic carbocycles. The Morgan fingerprint density at radius 3 is 2.08 bits per heavy atom. The van der Waals surface area contributed by atoms with Crippen LogP contribution in [0.3, 0.4) is 0 Å². The highest BCUT2D eigenvalue weighted by atomic mass is 16.6. The van der Waals surface area contributed by atoms with Crippen LogP contribution in [0.15, 0.2) is 24.7 Å². The zero-order chi connectivity index (χ0) is 26.5. The van der Waals surface area contributed by atoms with Crippen molar-refractivity contribution in [1.29, 1.82) is 0 Å². The van der Waals surface area contributed by atoms with Gasteiger partial charge in [-0.05, 0) is 52.9 Å². The Bertz CT molecular complexity index is 711. The number of alkyl carbamates (subject to hydrolysis) is 1. The van der Waals surface area contributed by atoms with Crippen LogP contribution < -0.4 is 5.32 Å². The molecule has 0 aliphatic rings. The molecule has 0 unspecified atom stereocenters. The third-order valence-electron chi connectivity index (χ3n) is 5.85. The zero-order valence-electron chi connectivity index (χ0n) is 23.3. The van der Waals surface area contributed by atoms with Crippen molar-refractivity contribution in [3.05, 3.63) is 30.4 Å². The van der Waals surface area contributed by atoms with E-state index in [4.69, 9.17) is 9.47 Å². The summed E-state index contributed by atoms with van der Waals surface area (Å²) in [5.41, 5.74) is 0.0985. The lowest BCUT2D eigenvalue weighted by molar-refractivity contribution is -0.146. The first kappa shape index (κ1) is 31.7. The largest absolute Gasteiger partial charge is 0.464 e. The molecular weight excluding hydrogens is 454 g/mol. The Morgan fingerprint density at radius 2 is 1.53 bits per heavy atom. The number of nitrogens with one attached hydrogen (secondary N) is 2. The maximum atomic E-state index is 12.6. The molecule has 0 fully saturated rings. The lowest BCUT2D eigenvalue weighted by Crippen LogP contribution is -2.45. The van der Waals surface area contributed by atoms with Crippen molar-refractivity contribution < 1.29 is 19.1 Å². The monoisotopic (exact) mass is 505 g/mol. The van der Waals surface area contributed by atoms with E-state index in [9.17, 15) is 9.59 Å². The van der Waals surface area contributed by atoms with Gasteiger partial charge in [-0.15, -0.1) is 0 Å². The molecule has 206 valence electrons. The second-order valence-electron chi connectivity index (χ2n) is 10.6. The zero-order valence-corrected chi connectivity index (χ0v) is 23.3. The first-order valence-corrected chi connectivity index (χ1v) is 14.1. The van der Waals surface area contributed by atoms with Crippen LogP contribution in [0, 0.1) is 0 Å². The van der Waals surface area contributed by atoms with Crippen LogP contribution in [0.4, 0.5) is 4.79 Å². The fourth-order valence-electron chi connectivity index (χ4n) is 3.88. The summed E-state index contributed by atoms with van der Waals surface area (Å²) in [6.07, 6.45) is 24.8. The van der Waals surface area contributed by atoms with E-state index < -0.39 is 23.7 Å². The van der Waals surface area contributed by atoms with Crippen LogP contribution in [-0.2, 0) is 20.7 Å². The van der Waals surface area contributed by atoms with Gasteiger partial charge in [0.2, 0.25) is 0 Å². The van der Waals surface area contributed by atoms with E-state index in [0.29, 0.717) is 6.61 Å². The van der Waals surface area contributed by atoms with Crippen molar-refractivity contribution in [3.63, 3.8) is 0 Å². The summed E-state index contributed by atoms with van der Waals surface area (Å²) in [4.78, 5) is 31.7. The number of carbonyl (C=O) groups excluding carboxylic acids is 2. The number of rotatable bonds is 20. The van der Waals surface area contributed by atoms with Gasteiger partial charge < -0.3 is 19.8 Å². The van der Waals surface area contributed by atoms with Gasteiger partial charge in [-0.1, -0.05) is 76.9 Å². The molecule has 1 rings (SSSR count). The molecule has 1 amide bonds. The molecule has 1 aromatic heterocycles. The van der Waals surface area contributed by atoms with E-state index in [1.807, 2.05) is 0 Å². The number of nitrogens with zero attached hydrogens (tertiary/aromatic N) is 1. The first-order chi connectivity index (χ1) is 17.3. The Kier molecular flexibility index (Phi) is 17.5. The van der Waals surface area contributed by atoms with Crippen LogP contribution in [0.2, 0.25) is 0 Å². The molecule has 0 spiro atoms. The Balaban J connectivity index is 2.11. The van der Waals surface area contributed by atoms with E-state index in [0.717, 1.165) is 25.0 Å². The van der Waals surface area contributed by atoms with Crippen molar-refractivity contribution in [2.45, 2.75) is 136 Å². The van der Waals surface area contributed by atoms with Crippen LogP contribution in [0.5, 0.6) is 0 Å². The van der Waals surface area contributed by atoms with E-state index in [1.54, 1.807) is 27.0 Å². The number of imidazole rings is 1. The lowest BCUT2D eigenvalue weighted by Gasteiger charge is -2.22. The van der Waals surface area contributed by atoms with Gasteiger partial charge in [0.05, 0.1) is 12.9 Å². The molecule has 0 saturated heterocycles. The summed E-state index contributed by atoms with van der Waals surface area (Å²) >= 11 is 0. The normalized spacial score (nSPS) is 12.6. The minimum Gasteiger partial charge on any atom is -0.464 e. The highest BCUT2D eigenvalue weighted by Crippen LogP contribution is 2.11. The number of esters is 1. The van der Waals surface area contributed by atoms with Crippen molar-refractivity contribution in [2.75, 3.05) is 6.61 Å². The van der Waals surface area contributed by atoms with E-state index >= 15 is 0 Å². The van der Waals surface area contributed by atoms with Gasteiger partial charge in [-0.2, -0.15) is 0 Å². The Morgan fingerprint density at radius 1 is 0.944 bits per heavy atom. The molecule has 7 heteroatoms. The topological polar surface area (TPSA) is 93.3 Å². The summed E-state index contributed by atoms with van der Waals surface area (Å²) in [6, 6.07) is -0.825. The molecular formula is C29H51N3O4. The first-order valence-electron chi connectivity index (χ1n) is 14.1. The van der Waals surface area contributed by atoms with Gasteiger partial charge in [0, 0.05) is 18.3 Å². The highest BCUT2D eigenvalue weighted by molar-refractivity contribution is 5.81. The number of aromatic nitrogens is 2. The molecule has 1 aromatic rings. The maximum absolute atomic E-state index is 12.6. The summed E-state index contributed by atoms with van der Waals surface area (Å²) in [5.74, 6) is -0.455. The second-order valence-corrected chi connectivity index (χ2v) is 10.6. The quantitative estimate of drug-likeness (QED) is 0.109. The fourth-order valence-corrected chi connectivity index (χ4v) is 3.88. The number of amides is 1. The molecule has 7 nitrogen and oxygen atoms in total. The van der Waals surface area contributed by atoms with Crippen molar-refractivity contribution in [2.24, 2.45) is 0 Å². The summed E-state index contributed by atoms with van der Waals surface area (Å²) in [5, 5.41) is 2.63. The SMILES string of the molecule is CCCCCCCC/C=C\CCCCCCCCOC(=O)[C@H](Cc1cnc[nH]1)NC(=O)OC(C)(C)C. The summed E-state index contributed by atoms with van der Waals surface area (Å²) < 4.78 is 10.7. The van der Waals surface area contributed by atoms with Gasteiger partial charge in [0.1, 0.15) is 11.6 Å². The number of hydrogen-bond acceptors (Lipinski definition) is 5. The number of hydrogen-bond donors (Lipinski definition) is 2. The van der Waals surface area contributed by atoms with E-state index in [-0.39, 0.29) is 6.42 Å². The molecule has 0 aliphatic carbocycles. The highest BCUT2D eigenvalue weighted by Gasteiger charge is 2.26. The predicted octanol–water partition coefficient (Wildman–Crippen LogP) is 7.43. The number of allylic oxidation sites excluding steroid dienone is 2. The average Bonchev–Trinajstić information content (AvgIpc) is 3.32. The van der Waals surface area contributed by atoms with Gasteiger partial charge in [-0.25, -0.2) is 14.6 Å². The average molecular weight is 506 g/mol.